The molecule has 0 aromatic rings. The van der Waals surface area contributed by atoms with E-state index in [-0.39, 0.29) is 4.11 Å². The second-order valence-electron chi connectivity index (χ2n) is 0.843. The molecule has 0 radical (unpaired) electrons. The summed E-state index contributed by atoms with van der Waals surface area (Å²) in [5, 5.41) is 8.35. The molecule has 0 aromatic heterocycles. The van der Waals surface area contributed by atoms with E-state index in [2.05, 4.69) is 0 Å². The predicted octanol–water partition coefficient (Wildman–Crippen LogP) is 1.15. The van der Waals surface area contributed by atoms with Crippen molar-refractivity contribution in [2.24, 2.45) is 0 Å². The Kier molecular flexibility index (Phi) is 3.30. The summed E-state index contributed by atoms with van der Waals surface area (Å²) in [4.78, 5) is 0. The highest BCUT2D eigenvalue weighted by Crippen LogP contribution is 1.96. The van der Waals surface area contributed by atoms with Crippen LogP contribution in [0.5, 0.6) is 0 Å². The summed E-state index contributed by atoms with van der Waals surface area (Å²) in [5.41, 5.74) is 0. The lowest BCUT2D eigenvalue weighted by Gasteiger charge is -1.88. The third-order valence-corrected chi connectivity index (χ3v) is 1.22. The van der Waals surface area contributed by atoms with E-state index in [1.54, 1.807) is 0 Å². The lowest BCUT2D eigenvalue weighted by molar-refractivity contribution is 0.275. The van der Waals surface area contributed by atoms with Crippen molar-refractivity contribution in [1.29, 1.82) is 0 Å². The zero-order valence-corrected chi connectivity index (χ0v) is 5.27. The molecule has 1 nitrogen and oxygen atoms in total. The molecule has 0 rings (SSSR count). The molecule has 1 N–H and O–H groups in total. The van der Waals surface area contributed by atoms with Crippen molar-refractivity contribution in [1.82, 2.24) is 0 Å². The molecule has 2 heteroatoms. The standard InChI is InChI=1S/C3H7IO/c1-2-3(4)5/h3,5H,2H2,1H3. The summed E-state index contributed by atoms with van der Waals surface area (Å²) >= 11 is 1.96. The first-order valence-corrected chi connectivity index (χ1v) is 2.84. The van der Waals surface area contributed by atoms with Gasteiger partial charge in [0.1, 0.15) is 4.11 Å². The van der Waals surface area contributed by atoms with Crippen LogP contribution in [0.4, 0.5) is 0 Å². The minimum absolute atomic E-state index is 0.146. The quantitative estimate of drug-likeness (QED) is 0.481. The van der Waals surface area contributed by atoms with E-state index in [1.165, 1.54) is 0 Å². The molecule has 32 valence electrons. The largest absolute Gasteiger partial charge is 0.383 e. The minimum atomic E-state index is -0.146. The van der Waals surface area contributed by atoms with Crippen LogP contribution >= 0.6 is 22.6 Å². The molecule has 5 heavy (non-hydrogen) atoms. The van der Waals surface area contributed by atoms with Crippen LogP contribution < -0.4 is 0 Å². The molecular weight excluding hydrogens is 179 g/mol. The zero-order valence-electron chi connectivity index (χ0n) is 3.11. The van der Waals surface area contributed by atoms with Crippen molar-refractivity contribution < 1.29 is 5.11 Å². The number of aliphatic hydroxyl groups is 1. The van der Waals surface area contributed by atoms with Crippen molar-refractivity contribution in [3.63, 3.8) is 0 Å². The first kappa shape index (κ1) is 5.69. The Labute approximate surface area is 45.5 Å². The predicted molar refractivity (Wildman–Crippen MR) is 30.3 cm³/mol. The molecule has 0 saturated carbocycles. The number of hydrogen-bond donors (Lipinski definition) is 1. The second-order valence-corrected chi connectivity index (χ2v) is 2.28. The van der Waals surface area contributed by atoms with Gasteiger partial charge in [-0.1, -0.05) is 29.5 Å². The monoisotopic (exact) mass is 186 g/mol. The van der Waals surface area contributed by atoms with Gasteiger partial charge in [0, 0.05) is 0 Å². The SMILES string of the molecule is CCC(O)I. The summed E-state index contributed by atoms with van der Waals surface area (Å²) in [5.74, 6) is 0. The Hall–Kier alpha value is 0.690. The van der Waals surface area contributed by atoms with Gasteiger partial charge in [-0.25, -0.2) is 0 Å². The number of rotatable bonds is 1. The van der Waals surface area contributed by atoms with Gasteiger partial charge in [0.25, 0.3) is 0 Å². The number of halogens is 1. The fourth-order valence-electron chi connectivity index (χ4n) is 0. The fraction of sp³-hybridized carbons (Fsp3) is 1.00. The van der Waals surface area contributed by atoms with Gasteiger partial charge in [-0.15, -0.1) is 0 Å². The number of hydrogen-bond acceptors (Lipinski definition) is 1. The fourth-order valence-corrected chi connectivity index (χ4v) is 0. The second kappa shape index (κ2) is 2.90. The van der Waals surface area contributed by atoms with Crippen molar-refractivity contribution in [2.75, 3.05) is 0 Å². The molecule has 0 aliphatic heterocycles. The molecule has 0 bridgehead atoms. The lowest BCUT2D eigenvalue weighted by Crippen LogP contribution is -1.86. The molecule has 0 aliphatic rings. The third kappa shape index (κ3) is 4.69. The van der Waals surface area contributed by atoms with E-state index < -0.39 is 0 Å². The van der Waals surface area contributed by atoms with Gasteiger partial charge >= 0.3 is 0 Å². The van der Waals surface area contributed by atoms with E-state index in [1.807, 2.05) is 29.5 Å². The number of alkyl halides is 1. The van der Waals surface area contributed by atoms with Crippen LogP contribution in [0, 0.1) is 0 Å². The van der Waals surface area contributed by atoms with Gasteiger partial charge in [-0.05, 0) is 6.42 Å². The van der Waals surface area contributed by atoms with Crippen LogP contribution in [0.25, 0.3) is 0 Å². The van der Waals surface area contributed by atoms with Gasteiger partial charge < -0.3 is 5.11 Å². The Bertz CT molecular complexity index is 20.9. The zero-order chi connectivity index (χ0) is 4.28. The molecule has 0 amide bonds. The van der Waals surface area contributed by atoms with Crippen LogP contribution in [0.2, 0.25) is 0 Å². The van der Waals surface area contributed by atoms with E-state index >= 15 is 0 Å². The maximum absolute atomic E-state index is 8.35. The van der Waals surface area contributed by atoms with Crippen LogP contribution in [-0.4, -0.2) is 9.22 Å². The normalized spacial score (nSPS) is 15.0. The van der Waals surface area contributed by atoms with Crippen molar-refractivity contribution >= 4 is 22.6 Å². The summed E-state index contributed by atoms with van der Waals surface area (Å²) in [6.45, 7) is 1.94. The van der Waals surface area contributed by atoms with Gasteiger partial charge in [0.15, 0.2) is 0 Å². The maximum atomic E-state index is 8.35. The third-order valence-electron chi connectivity index (χ3n) is 0.337. The van der Waals surface area contributed by atoms with E-state index in [0.29, 0.717) is 0 Å². The first-order chi connectivity index (χ1) is 2.27. The molecular formula is C3H7IO. The van der Waals surface area contributed by atoms with Crippen molar-refractivity contribution in [2.45, 2.75) is 17.5 Å². The van der Waals surface area contributed by atoms with Crippen molar-refractivity contribution in [3.05, 3.63) is 0 Å². The van der Waals surface area contributed by atoms with E-state index in [4.69, 9.17) is 5.11 Å². The topological polar surface area (TPSA) is 20.2 Å². The van der Waals surface area contributed by atoms with E-state index in [9.17, 15) is 0 Å². The van der Waals surface area contributed by atoms with Crippen LogP contribution in [-0.2, 0) is 0 Å². The molecule has 0 aromatic carbocycles. The summed E-state index contributed by atoms with van der Waals surface area (Å²) in [7, 11) is 0. The molecule has 0 spiro atoms. The Morgan fingerprint density at radius 1 is 2.00 bits per heavy atom. The summed E-state index contributed by atoms with van der Waals surface area (Å²) in [6.07, 6.45) is 0.848. The van der Waals surface area contributed by atoms with Gasteiger partial charge in [0.05, 0.1) is 0 Å². The van der Waals surface area contributed by atoms with Crippen LogP contribution in [0.15, 0.2) is 0 Å². The molecule has 0 saturated heterocycles. The summed E-state index contributed by atoms with van der Waals surface area (Å²) < 4.78 is -0.146. The smallest absolute Gasteiger partial charge is 0.105 e. The molecule has 0 aliphatic carbocycles. The highest BCUT2D eigenvalue weighted by molar-refractivity contribution is 14.1. The molecule has 0 heterocycles. The lowest BCUT2D eigenvalue weighted by atomic mass is 10.5. The van der Waals surface area contributed by atoms with Crippen molar-refractivity contribution in [3.8, 4) is 0 Å². The first-order valence-electron chi connectivity index (χ1n) is 1.59. The molecule has 1 atom stereocenters. The maximum Gasteiger partial charge on any atom is 0.105 e. The average Bonchev–Trinajstić information content (AvgIpc) is 1.38. The Morgan fingerprint density at radius 3 is 2.20 bits per heavy atom. The average molecular weight is 186 g/mol. The Morgan fingerprint density at radius 2 is 2.20 bits per heavy atom. The van der Waals surface area contributed by atoms with Gasteiger partial charge in [-0.2, -0.15) is 0 Å². The highest BCUT2D eigenvalue weighted by atomic mass is 127. The number of aliphatic hydroxyl groups excluding tert-OH is 1. The van der Waals surface area contributed by atoms with Crippen LogP contribution in [0.3, 0.4) is 0 Å². The molecule has 1 unspecified atom stereocenters. The van der Waals surface area contributed by atoms with E-state index in [0.717, 1.165) is 6.42 Å². The highest BCUT2D eigenvalue weighted by Gasteiger charge is 1.84. The van der Waals surface area contributed by atoms with Gasteiger partial charge in [0.2, 0.25) is 0 Å². The van der Waals surface area contributed by atoms with Crippen LogP contribution in [0.1, 0.15) is 13.3 Å². The molecule has 0 fully saturated rings. The minimum Gasteiger partial charge on any atom is -0.383 e. The Balaban J connectivity index is 2.54. The van der Waals surface area contributed by atoms with Gasteiger partial charge in [-0.3, -0.25) is 0 Å². The summed E-state index contributed by atoms with van der Waals surface area (Å²) in [6, 6.07) is 0.